The second-order valence-electron chi connectivity index (χ2n) is 3.60. The van der Waals surface area contributed by atoms with Crippen LogP contribution < -0.4 is 10.1 Å². The molecule has 1 N–H and O–H groups in total. The summed E-state index contributed by atoms with van der Waals surface area (Å²) in [4.78, 5) is 4.35. The van der Waals surface area contributed by atoms with E-state index in [2.05, 4.69) is 22.4 Å². The number of aromatic nitrogens is 1. The summed E-state index contributed by atoms with van der Waals surface area (Å²) in [7, 11) is 1.94. The van der Waals surface area contributed by atoms with Gasteiger partial charge in [-0.15, -0.1) is 11.3 Å². The number of hydrogen-bond acceptors (Lipinski definition) is 4. The van der Waals surface area contributed by atoms with Crippen LogP contribution in [0.5, 0.6) is 5.75 Å². The van der Waals surface area contributed by atoms with Crippen molar-refractivity contribution >= 4 is 11.3 Å². The predicted molar refractivity (Wildman–Crippen MR) is 70.6 cm³/mol. The van der Waals surface area contributed by atoms with Crippen LogP contribution in [-0.2, 0) is 0 Å². The van der Waals surface area contributed by atoms with Crippen molar-refractivity contribution < 1.29 is 4.74 Å². The SMILES string of the molecule is CCOc1cccc(C(NC)c2nccs2)c1. The summed E-state index contributed by atoms with van der Waals surface area (Å²) < 4.78 is 5.51. The Bertz CT molecular complexity index is 456. The lowest BCUT2D eigenvalue weighted by atomic mass is 10.1. The zero-order chi connectivity index (χ0) is 12.1. The van der Waals surface area contributed by atoms with Gasteiger partial charge in [-0.3, -0.25) is 0 Å². The molecule has 0 saturated carbocycles. The van der Waals surface area contributed by atoms with Crippen LogP contribution in [0.1, 0.15) is 23.5 Å². The van der Waals surface area contributed by atoms with Crippen LogP contribution in [-0.4, -0.2) is 18.6 Å². The van der Waals surface area contributed by atoms with Gasteiger partial charge in [-0.05, 0) is 31.7 Å². The minimum Gasteiger partial charge on any atom is -0.494 e. The minimum absolute atomic E-state index is 0.135. The zero-order valence-corrected chi connectivity index (χ0v) is 10.8. The number of rotatable bonds is 5. The molecular formula is C13H16N2OS. The molecule has 0 aliphatic heterocycles. The highest BCUT2D eigenvalue weighted by molar-refractivity contribution is 7.09. The third-order valence-electron chi connectivity index (χ3n) is 2.49. The molecule has 90 valence electrons. The Kier molecular flexibility index (Phi) is 4.12. The lowest BCUT2D eigenvalue weighted by Crippen LogP contribution is -2.17. The molecule has 0 radical (unpaired) electrons. The molecule has 0 saturated heterocycles. The number of ether oxygens (including phenoxy) is 1. The predicted octanol–water partition coefficient (Wildman–Crippen LogP) is 2.85. The van der Waals surface area contributed by atoms with Gasteiger partial charge in [0.15, 0.2) is 0 Å². The molecule has 3 nitrogen and oxygen atoms in total. The summed E-state index contributed by atoms with van der Waals surface area (Å²) in [5, 5.41) is 6.35. The molecule has 2 aromatic rings. The first-order valence-electron chi connectivity index (χ1n) is 5.64. The number of hydrogen-bond donors (Lipinski definition) is 1. The molecule has 0 fully saturated rings. The van der Waals surface area contributed by atoms with Crippen molar-refractivity contribution in [3.05, 3.63) is 46.4 Å². The molecule has 1 atom stereocenters. The van der Waals surface area contributed by atoms with Crippen molar-refractivity contribution in [3.63, 3.8) is 0 Å². The first kappa shape index (κ1) is 12.1. The van der Waals surface area contributed by atoms with Crippen molar-refractivity contribution in [2.75, 3.05) is 13.7 Å². The van der Waals surface area contributed by atoms with Gasteiger partial charge in [0, 0.05) is 11.6 Å². The molecule has 0 aliphatic rings. The van der Waals surface area contributed by atoms with Crippen LogP contribution in [0, 0.1) is 0 Å². The first-order valence-corrected chi connectivity index (χ1v) is 6.52. The summed E-state index contributed by atoms with van der Waals surface area (Å²) in [6.45, 7) is 2.67. The average Bonchev–Trinajstić information content (AvgIpc) is 2.85. The van der Waals surface area contributed by atoms with E-state index in [9.17, 15) is 0 Å². The van der Waals surface area contributed by atoms with Crippen LogP contribution in [0.4, 0.5) is 0 Å². The summed E-state index contributed by atoms with van der Waals surface area (Å²) in [6.07, 6.45) is 1.83. The molecule has 0 spiro atoms. The van der Waals surface area contributed by atoms with Gasteiger partial charge in [0.2, 0.25) is 0 Å². The molecule has 1 heterocycles. The van der Waals surface area contributed by atoms with E-state index in [4.69, 9.17) is 4.74 Å². The molecule has 17 heavy (non-hydrogen) atoms. The van der Waals surface area contributed by atoms with E-state index >= 15 is 0 Å². The highest BCUT2D eigenvalue weighted by Gasteiger charge is 2.14. The summed E-state index contributed by atoms with van der Waals surface area (Å²) >= 11 is 1.66. The maximum Gasteiger partial charge on any atom is 0.119 e. The van der Waals surface area contributed by atoms with E-state index in [1.54, 1.807) is 11.3 Å². The molecule has 0 amide bonds. The van der Waals surface area contributed by atoms with E-state index in [0.29, 0.717) is 6.61 Å². The second kappa shape index (κ2) is 5.80. The summed E-state index contributed by atoms with van der Waals surface area (Å²) in [5.41, 5.74) is 1.17. The molecule has 1 unspecified atom stereocenters. The fraction of sp³-hybridized carbons (Fsp3) is 0.308. The van der Waals surface area contributed by atoms with Crippen LogP contribution in [0.25, 0.3) is 0 Å². The maximum atomic E-state index is 5.51. The van der Waals surface area contributed by atoms with E-state index in [0.717, 1.165) is 10.8 Å². The average molecular weight is 248 g/mol. The highest BCUT2D eigenvalue weighted by atomic mass is 32.1. The molecule has 4 heteroatoms. The standard InChI is InChI=1S/C13H16N2OS/c1-3-16-11-6-4-5-10(9-11)12(14-2)13-15-7-8-17-13/h4-9,12,14H,3H2,1-2H3. The second-order valence-corrected chi connectivity index (χ2v) is 4.52. The van der Waals surface area contributed by atoms with E-state index in [-0.39, 0.29) is 6.04 Å². The van der Waals surface area contributed by atoms with Crippen molar-refractivity contribution in [3.8, 4) is 5.75 Å². The molecule has 1 aromatic heterocycles. The topological polar surface area (TPSA) is 34.1 Å². The van der Waals surface area contributed by atoms with Gasteiger partial charge in [-0.2, -0.15) is 0 Å². The van der Waals surface area contributed by atoms with Crippen molar-refractivity contribution in [2.45, 2.75) is 13.0 Å². The number of benzene rings is 1. The van der Waals surface area contributed by atoms with Gasteiger partial charge in [-0.25, -0.2) is 4.98 Å². The molecule has 0 bridgehead atoms. The van der Waals surface area contributed by atoms with Gasteiger partial charge in [-0.1, -0.05) is 12.1 Å². The number of nitrogens with zero attached hydrogens (tertiary/aromatic N) is 1. The summed E-state index contributed by atoms with van der Waals surface area (Å²) in [6, 6.07) is 8.27. The van der Waals surface area contributed by atoms with E-state index in [1.165, 1.54) is 5.56 Å². The maximum absolute atomic E-state index is 5.51. The Morgan fingerprint density at radius 2 is 2.35 bits per heavy atom. The van der Waals surface area contributed by atoms with Gasteiger partial charge < -0.3 is 10.1 Å². The number of nitrogens with one attached hydrogen (secondary N) is 1. The summed E-state index contributed by atoms with van der Waals surface area (Å²) in [5.74, 6) is 0.904. The van der Waals surface area contributed by atoms with Crippen molar-refractivity contribution in [1.29, 1.82) is 0 Å². The van der Waals surface area contributed by atoms with Gasteiger partial charge >= 0.3 is 0 Å². The van der Waals surface area contributed by atoms with Crippen LogP contribution in [0.15, 0.2) is 35.8 Å². The quantitative estimate of drug-likeness (QED) is 0.883. The molecule has 0 aliphatic carbocycles. The van der Waals surface area contributed by atoms with Crippen LogP contribution >= 0.6 is 11.3 Å². The van der Waals surface area contributed by atoms with Crippen LogP contribution in [0.3, 0.4) is 0 Å². The third kappa shape index (κ3) is 2.84. The lowest BCUT2D eigenvalue weighted by molar-refractivity contribution is 0.339. The first-order chi connectivity index (χ1) is 8.35. The number of thiazole rings is 1. The lowest BCUT2D eigenvalue weighted by Gasteiger charge is -2.15. The van der Waals surface area contributed by atoms with Crippen LogP contribution in [0.2, 0.25) is 0 Å². The molecule has 2 rings (SSSR count). The molecule has 1 aromatic carbocycles. The fourth-order valence-electron chi connectivity index (χ4n) is 1.76. The minimum atomic E-state index is 0.135. The Hall–Kier alpha value is -1.39. The fourth-order valence-corrected chi connectivity index (χ4v) is 2.53. The van der Waals surface area contributed by atoms with Crippen molar-refractivity contribution in [2.24, 2.45) is 0 Å². The third-order valence-corrected chi connectivity index (χ3v) is 3.33. The van der Waals surface area contributed by atoms with E-state index in [1.807, 2.05) is 37.7 Å². The van der Waals surface area contributed by atoms with Gasteiger partial charge in [0.05, 0.1) is 12.6 Å². The smallest absolute Gasteiger partial charge is 0.119 e. The zero-order valence-electron chi connectivity index (χ0n) is 10.0. The van der Waals surface area contributed by atoms with E-state index < -0.39 is 0 Å². The highest BCUT2D eigenvalue weighted by Crippen LogP contribution is 2.26. The monoisotopic (exact) mass is 248 g/mol. The Morgan fingerprint density at radius 1 is 1.47 bits per heavy atom. The van der Waals surface area contributed by atoms with Crippen molar-refractivity contribution in [1.82, 2.24) is 10.3 Å². The van der Waals surface area contributed by atoms with Gasteiger partial charge in [0.1, 0.15) is 10.8 Å². The Labute approximate surface area is 105 Å². The van der Waals surface area contributed by atoms with Gasteiger partial charge in [0.25, 0.3) is 0 Å². The Balaban J connectivity index is 2.28. The molecular weight excluding hydrogens is 232 g/mol. The Morgan fingerprint density at radius 3 is 3.00 bits per heavy atom. The normalized spacial score (nSPS) is 12.4. The largest absolute Gasteiger partial charge is 0.494 e.